The molecule has 246 valence electrons. The molecule has 3 fully saturated rings. The number of imidazole rings is 1. The molecule has 10 atom stereocenters. The van der Waals surface area contributed by atoms with Crippen LogP contribution < -0.4 is 16.9 Å². The van der Waals surface area contributed by atoms with Crippen molar-refractivity contribution >= 4 is 65.1 Å². The first-order chi connectivity index (χ1) is 21.8. The fourth-order valence-electron chi connectivity index (χ4n) is 5.47. The monoisotopic (exact) mass is 719 g/mol. The molecule has 4 aromatic rings. The lowest BCUT2D eigenvalue weighted by Crippen LogP contribution is -2.35. The number of rotatable bonds is 2. The van der Waals surface area contributed by atoms with Gasteiger partial charge >= 0.3 is 13.4 Å². The van der Waals surface area contributed by atoms with Gasteiger partial charge in [-0.15, -0.1) is 0 Å². The number of H-pyrrole nitrogens is 1. The molecule has 18 nitrogen and oxygen atoms in total. The van der Waals surface area contributed by atoms with Crippen LogP contribution in [-0.2, 0) is 51.2 Å². The van der Waals surface area contributed by atoms with Crippen LogP contribution in [0.3, 0.4) is 0 Å². The molecule has 0 aliphatic carbocycles. The number of hydrogen-bond donors (Lipinski definition) is 5. The standard InChI is InChI=1S/C23H24FN7O11P2S2/c24-13-16-12(40-21(13)31-7-26-10-4-2-1-3-9(10)20(31)34)6-38-44(36,46)42-17-15(32)11(5-37-43(35,45)41-16)39-22(17)30-8-27-14-18(30)28-23(25)29-19(14)33/h1-4,7-8,11-13,15-17,21-22,32H,5-6H2,(H,35,45)(H,36,46)(H3,25,28,29,33)/t11-,12-,13-,15-,16-,17-,21-,22-,43?,44?/m1/s1. The number of nitrogen functional groups attached to an aromatic ring is 1. The minimum Gasteiger partial charge on any atom is -0.387 e. The van der Waals surface area contributed by atoms with Gasteiger partial charge in [0, 0.05) is 0 Å². The molecule has 7 rings (SSSR count). The summed E-state index contributed by atoms with van der Waals surface area (Å²) in [7, 11) is 0. The molecule has 1 aromatic carbocycles. The van der Waals surface area contributed by atoms with Crippen LogP contribution in [0.1, 0.15) is 12.5 Å². The number of hydrogen-bond acceptors (Lipinski definition) is 15. The average Bonchev–Trinajstić information content (AvgIpc) is 3.65. The van der Waals surface area contributed by atoms with Crippen LogP contribution in [0.2, 0.25) is 0 Å². The summed E-state index contributed by atoms with van der Waals surface area (Å²) >= 11 is 10.4. The summed E-state index contributed by atoms with van der Waals surface area (Å²) in [5.41, 5.74) is 4.67. The Morgan fingerprint density at radius 2 is 1.61 bits per heavy atom. The maximum Gasteiger partial charge on any atom is 0.325 e. The number of para-hydroxylation sites is 1. The van der Waals surface area contributed by atoms with E-state index in [4.69, 9.17) is 56.9 Å². The topological polar surface area (TPSA) is 241 Å². The Morgan fingerprint density at radius 1 is 0.957 bits per heavy atom. The molecule has 23 heteroatoms. The number of aliphatic hydroxyl groups excluding tert-OH is 1. The van der Waals surface area contributed by atoms with Crippen molar-refractivity contribution in [2.45, 2.75) is 49.1 Å². The molecule has 3 aliphatic rings. The van der Waals surface area contributed by atoms with E-state index in [1.54, 1.807) is 18.2 Å². The van der Waals surface area contributed by atoms with Crippen LogP contribution >= 0.6 is 13.4 Å². The summed E-state index contributed by atoms with van der Waals surface area (Å²) in [6, 6.07) is 6.44. The van der Waals surface area contributed by atoms with Crippen LogP contribution in [0.15, 0.2) is 46.5 Å². The first-order valence-corrected chi connectivity index (χ1v) is 18.6. The number of aromatic amines is 1. The van der Waals surface area contributed by atoms with Gasteiger partial charge in [0.05, 0.1) is 30.4 Å². The van der Waals surface area contributed by atoms with Gasteiger partial charge < -0.3 is 39.1 Å². The minimum absolute atomic E-state index is 0.0434. The Morgan fingerprint density at radius 3 is 2.37 bits per heavy atom. The van der Waals surface area contributed by atoms with Gasteiger partial charge in [0.15, 0.2) is 29.8 Å². The third kappa shape index (κ3) is 5.74. The molecule has 0 amide bonds. The molecule has 2 unspecified atom stereocenters. The van der Waals surface area contributed by atoms with E-state index in [-0.39, 0.29) is 22.5 Å². The molecule has 2 bridgehead atoms. The summed E-state index contributed by atoms with van der Waals surface area (Å²) in [6.45, 7) is -9.87. The quantitative estimate of drug-likeness (QED) is 0.169. The first-order valence-electron chi connectivity index (χ1n) is 13.4. The molecular weight excluding hydrogens is 695 g/mol. The molecule has 3 aliphatic heterocycles. The smallest absolute Gasteiger partial charge is 0.325 e. The van der Waals surface area contributed by atoms with Crippen LogP contribution in [0.5, 0.6) is 0 Å². The number of nitrogens with two attached hydrogens (primary N) is 1. The van der Waals surface area contributed by atoms with E-state index in [0.717, 1.165) is 10.9 Å². The highest BCUT2D eigenvalue weighted by molar-refractivity contribution is 8.07. The third-order valence-electron chi connectivity index (χ3n) is 7.58. The summed E-state index contributed by atoms with van der Waals surface area (Å²) < 4.78 is 52.1. The number of nitrogens with zero attached hydrogens (tertiary/aromatic N) is 5. The fraction of sp³-hybridized carbons (Fsp3) is 0.435. The van der Waals surface area contributed by atoms with Gasteiger partial charge in [-0.25, -0.2) is 14.4 Å². The second-order valence-corrected chi connectivity index (χ2v) is 16.1. The Labute approximate surface area is 266 Å². The normalized spacial score (nSPS) is 37.0. The lowest BCUT2D eigenvalue weighted by Gasteiger charge is -2.27. The molecule has 6 N–H and O–H groups in total. The number of fused-ring (bicyclic) bond motifs is 5. The van der Waals surface area contributed by atoms with E-state index in [0.29, 0.717) is 5.52 Å². The van der Waals surface area contributed by atoms with Crippen molar-refractivity contribution in [1.82, 2.24) is 29.1 Å². The van der Waals surface area contributed by atoms with E-state index >= 15 is 4.39 Å². The summed E-state index contributed by atoms with van der Waals surface area (Å²) in [5, 5.41) is 11.3. The number of anilines is 1. The SMILES string of the molecule is Nc1nc2c(ncn2[C@@H]2O[C@@H]3COP(O)(=S)O[C@H]4[C@@H](F)[C@H](n5cnc6ccccc6c5=O)O[C@@H]4COP(O)(=S)O[C@@H]2[C@@H]3O)c(=O)[nH]1. The molecule has 0 saturated carbocycles. The lowest BCUT2D eigenvalue weighted by atomic mass is 10.1. The number of alkyl halides is 1. The maximum absolute atomic E-state index is 16.0. The summed E-state index contributed by atoms with van der Waals surface area (Å²) in [4.78, 5) is 62.1. The van der Waals surface area contributed by atoms with Gasteiger partial charge in [-0.2, -0.15) is 4.98 Å². The molecule has 0 radical (unpaired) electrons. The van der Waals surface area contributed by atoms with E-state index in [1.165, 1.54) is 17.0 Å². The van der Waals surface area contributed by atoms with Gasteiger partial charge in [0.2, 0.25) is 5.95 Å². The molecule has 3 saturated heterocycles. The molecule has 6 heterocycles. The predicted octanol–water partition coefficient (Wildman–Crippen LogP) is -0.144. The Bertz CT molecular complexity index is 2050. The van der Waals surface area contributed by atoms with Crippen molar-refractivity contribution in [3.63, 3.8) is 0 Å². The molecule has 3 aromatic heterocycles. The van der Waals surface area contributed by atoms with Crippen molar-refractivity contribution < 1.29 is 46.9 Å². The number of aromatic nitrogens is 6. The number of halogens is 1. The van der Waals surface area contributed by atoms with Crippen molar-refractivity contribution in [3.8, 4) is 0 Å². The first kappa shape index (κ1) is 32.0. The average molecular weight is 720 g/mol. The molecule has 0 spiro atoms. The summed E-state index contributed by atoms with van der Waals surface area (Å²) in [6.07, 6.45) is -10.2. The van der Waals surface area contributed by atoms with Gasteiger partial charge in [-0.3, -0.25) is 32.8 Å². The van der Waals surface area contributed by atoms with Crippen LogP contribution in [0.4, 0.5) is 10.3 Å². The number of nitrogens with one attached hydrogen (secondary N) is 1. The van der Waals surface area contributed by atoms with Gasteiger partial charge in [-0.05, 0) is 35.7 Å². The summed E-state index contributed by atoms with van der Waals surface area (Å²) in [5.74, 6) is -0.233. The molecular formula is C23H24FN7O11P2S2. The lowest BCUT2D eigenvalue weighted by molar-refractivity contribution is -0.0611. The number of ether oxygens (including phenoxy) is 2. The Kier molecular flexibility index (Phi) is 8.21. The van der Waals surface area contributed by atoms with Crippen LogP contribution in [0, 0.1) is 0 Å². The highest BCUT2D eigenvalue weighted by Crippen LogP contribution is 2.54. The minimum atomic E-state index is -4.30. The maximum atomic E-state index is 16.0. The van der Waals surface area contributed by atoms with Crippen molar-refractivity contribution in [2.24, 2.45) is 0 Å². The molecule has 46 heavy (non-hydrogen) atoms. The fourth-order valence-corrected chi connectivity index (χ4v) is 8.32. The second kappa shape index (κ2) is 11.8. The second-order valence-electron chi connectivity index (χ2n) is 10.5. The van der Waals surface area contributed by atoms with Crippen molar-refractivity contribution in [3.05, 3.63) is 57.6 Å². The highest BCUT2D eigenvalue weighted by atomic mass is 32.5. The van der Waals surface area contributed by atoms with Crippen LogP contribution in [-0.4, -0.2) is 93.9 Å². The highest BCUT2D eigenvalue weighted by Gasteiger charge is 2.53. The van der Waals surface area contributed by atoms with Gasteiger partial charge in [0.1, 0.15) is 36.8 Å². The van der Waals surface area contributed by atoms with Crippen LogP contribution in [0.25, 0.3) is 22.1 Å². The van der Waals surface area contributed by atoms with E-state index < -0.39 is 86.9 Å². The van der Waals surface area contributed by atoms with Gasteiger partial charge in [0.25, 0.3) is 11.1 Å². The Hall–Kier alpha value is -2.62. The van der Waals surface area contributed by atoms with Crippen molar-refractivity contribution in [2.75, 3.05) is 18.9 Å². The van der Waals surface area contributed by atoms with Gasteiger partial charge in [-0.1, -0.05) is 12.1 Å². The van der Waals surface area contributed by atoms with E-state index in [9.17, 15) is 24.5 Å². The zero-order valence-corrected chi connectivity index (χ0v) is 26.4. The predicted molar refractivity (Wildman–Crippen MR) is 162 cm³/mol. The largest absolute Gasteiger partial charge is 0.387 e. The Balaban J connectivity index is 1.21. The number of benzene rings is 1. The zero-order valence-electron chi connectivity index (χ0n) is 23.0. The van der Waals surface area contributed by atoms with Crippen molar-refractivity contribution in [1.29, 1.82) is 0 Å². The zero-order chi connectivity index (χ0) is 32.5. The van der Waals surface area contributed by atoms with E-state index in [1.807, 2.05) is 0 Å². The van der Waals surface area contributed by atoms with E-state index in [2.05, 4.69) is 19.9 Å². The number of aliphatic hydroxyl groups is 1. The third-order valence-corrected chi connectivity index (χ3v) is 10.7.